The van der Waals surface area contributed by atoms with Crippen LogP contribution in [0.4, 0.5) is 0 Å². The summed E-state index contributed by atoms with van der Waals surface area (Å²) in [6, 6.07) is 0. The minimum absolute atomic E-state index is 1.20. The minimum atomic E-state index is 1.20. The van der Waals surface area contributed by atoms with Crippen LogP contribution in [0.25, 0.3) is 0 Å². The average Bonchev–Trinajstić information content (AvgIpc) is 2.78. The zero-order chi connectivity index (χ0) is 19.5. The van der Waals surface area contributed by atoms with E-state index in [4.69, 9.17) is 0 Å². The van der Waals surface area contributed by atoms with Crippen molar-refractivity contribution in [3.8, 4) is 0 Å². The van der Waals surface area contributed by atoms with Crippen molar-refractivity contribution in [1.29, 1.82) is 0 Å². The van der Waals surface area contributed by atoms with E-state index in [1.807, 2.05) is 0 Å². The van der Waals surface area contributed by atoms with Gasteiger partial charge in [-0.2, -0.15) is 0 Å². The van der Waals surface area contributed by atoms with Crippen LogP contribution in [0.1, 0.15) is 19.3 Å². The Bertz CT molecular complexity index is 318. The molecule has 0 unspecified atom stereocenters. The third kappa shape index (κ3) is 10.2. The lowest BCUT2D eigenvalue weighted by atomic mass is 10.2. The highest BCUT2D eigenvalue weighted by Gasteiger charge is 2.13. The van der Waals surface area contributed by atoms with Crippen molar-refractivity contribution >= 4 is 0 Å². The van der Waals surface area contributed by atoms with Crippen LogP contribution in [-0.4, -0.2) is 149 Å². The maximum Gasteiger partial charge on any atom is 0.0110 e. The number of hydrogen-bond donors (Lipinski definition) is 0. The van der Waals surface area contributed by atoms with Gasteiger partial charge >= 0.3 is 0 Å². The zero-order valence-corrected chi connectivity index (χ0v) is 18.7. The highest BCUT2D eigenvalue weighted by atomic mass is 15.3. The van der Waals surface area contributed by atoms with Crippen molar-refractivity contribution in [2.45, 2.75) is 19.3 Å². The van der Waals surface area contributed by atoms with Crippen LogP contribution in [0, 0.1) is 0 Å². The molecule has 2 aliphatic heterocycles. The molecule has 0 aromatic rings. The molecular weight excluding hydrogens is 336 g/mol. The number of nitrogens with zero attached hydrogens (tertiary/aromatic N) is 6. The molecule has 2 heterocycles. The Morgan fingerprint density at radius 3 is 0.926 bits per heavy atom. The van der Waals surface area contributed by atoms with Gasteiger partial charge < -0.3 is 29.4 Å². The van der Waals surface area contributed by atoms with Gasteiger partial charge in [-0.05, 0) is 54.1 Å². The van der Waals surface area contributed by atoms with E-state index in [-0.39, 0.29) is 0 Å². The summed E-state index contributed by atoms with van der Waals surface area (Å²) in [6.07, 6.45) is 4.06. The number of hydrogen-bond acceptors (Lipinski definition) is 6. The zero-order valence-electron chi connectivity index (χ0n) is 18.7. The fraction of sp³-hybridized carbons (Fsp3) is 1.00. The topological polar surface area (TPSA) is 19.4 Å². The third-order valence-electron chi connectivity index (χ3n) is 6.37. The van der Waals surface area contributed by atoms with Gasteiger partial charge in [0.05, 0.1) is 0 Å². The first-order chi connectivity index (χ1) is 13.0. The summed E-state index contributed by atoms with van der Waals surface area (Å²) < 4.78 is 0. The predicted molar refractivity (Wildman–Crippen MR) is 117 cm³/mol. The Morgan fingerprint density at radius 1 is 0.370 bits per heavy atom. The molecule has 0 aromatic heterocycles. The molecule has 27 heavy (non-hydrogen) atoms. The Morgan fingerprint density at radius 2 is 0.630 bits per heavy atom. The van der Waals surface area contributed by atoms with E-state index >= 15 is 0 Å². The highest BCUT2D eigenvalue weighted by molar-refractivity contribution is 4.70. The lowest BCUT2D eigenvalue weighted by Gasteiger charge is -2.25. The van der Waals surface area contributed by atoms with Gasteiger partial charge in [-0.1, -0.05) is 6.42 Å². The Kier molecular flexibility index (Phi) is 11.2. The average molecular weight is 383 g/mol. The molecule has 2 rings (SSSR count). The molecular formula is C21H46N6. The number of likely N-dealkylation sites (N-methyl/N-ethyl adjacent to an activating group) is 4. The van der Waals surface area contributed by atoms with Gasteiger partial charge in [-0.25, -0.2) is 0 Å². The van der Waals surface area contributed by atoms with Crippen molar-refractivity contribution in [2.24, 2.45) is 0 Å². The van der Waals surface area contributed by atoms with E-state index in [9.17, 15) is 0 Å². The first kappa shape index (κ1) is 23.0. The van der Waals surface area contributed by atoms with Gasteiger partial charge in [0.2, 0.25) is 0 Å². The monoisotopic (exact) mass is 382 g/mol. The fourth-order valence-corrected chi connectivity index (χ4v) is 3.90. The first-order valence-corrected chi connectivity index (χ1v) is 11.2. The first-order valence-electron chi connectivity index (χ1n) is 11.2. The smallest absolute Gasteiger partial charge is 0.0110 e. The molecule has 0 N–H and O–H groups in total. The summed E-state index contributed by atoms with van der Waals surface area (Å²) in [6.45, 7) is 17.1. The molecule has 0 radical (unpaired) electrons. The molecule has 0 bridgehead atoms. The second-order valence-corrected chi connectivity index (χ2v) is 8.96. The van der Waals surface area contributed by atoms with Crippen LogP contribution in [0.2, 0.25) is 0 Å². The molecule has 160 valence electrons. The summed E-state index contributed by atoms with van der Waals surface area (Å²) in [5, 5.41) is 0. The van der Waals surface area contributed by atoms with E-state index in [1.54, 1.807) is 0 Å². The molecule has 6 heteroatoms. The van der Waals surface area contributed by atoms with Gasteiger partial charge in [-0.3, -0.25) is 0 Å². The summed E-state index contributed by atoms with van der Waals surface area (Å²) in [4.78, 5) is 15.3. The van der Waals surface area contributed by atoms with E-state index in [2.05, 4.69) is 57.6 Å². The highest BCUT2D eigenvalue weighted by Crippen LogP contribution is 2.05. The molecule has 6 nitrogen and oxygen atoms in total. The number of unbranched alkanes of at least 4 members (excludes halogenated alkanes) is 2. The van der Waals surface area contributed by atoms with Crippen LogP contribution >= 0.6 is 0 Å². The Labute approximate surface area is 169 Å². The van der Waals surface area contributed by atoms with Crippen LogP contribution < -0.4 is 0 Å². The molecule has 2 fully saturated rings. The fourth-order valence-electron chi connectivity index (χ4n) is 3.90. The molecule has 0 aliphatic carbocycles. The summed E-state index contributed by atoms with van der Waals surface area (Å²) in [5.41, 5.74) is 0. The maximum absolute atomic E-state index is 2.68. The summed E-state index contributed by atoms with van der Waals surface area (Å²) >= 11 is 0. The lowest BCUT2D eigenvalue weighted by Crippen LogP contribution is -2.36. The quantitative estimate of drug-likeness (QED) is 0.619. The van der Waals surface area contributed by atoms with Crippen molar-refractivity contribution < 1.29 is 0 Å². The second-order valence-electron chi connectivity index (χ2n) is 8.96. The summed E-state index contributed by atoms with van der Waals surface area (Å²) in [5.74, 6) is 0. The van der Waals surface area contributed by atoms with Crippen LogP contribution in [-0.2, 0) is 0 Å². The van der Waals surface area contributed by atoms with Gasteiger partial charge in [0.25, 0.3) is 0 Å². The van der Waals surface area contributed by atoms with E-state index in [1.165, 1.54) is 111 Å². The van der Waals surface area contributed by atoms with Crippen LogP contribution in [0.5, 0.6) is 0 Å². The second kappa shape index (κ2) is 13.1. The normalized spacial score (nSPS) is 25.3. The van der Waals surface area contributed by atoms with Crippen LogP contribution in [0.3, 0.4) is 0 Å². The Balaban J connectivity index is 1.61. The minimum Gasteiger partial charge on any atom is -0.304 e. The van der Waals surface area contributed by atoms with Gasteiger partial charge in [0.15, 0.2) is 0 Å². The van der Waals surface area contributed by atoms with Gasteiger partial charge in [0.1, 0.15) is 0 Å². The standard InChI is InChI=1S/C21H46N6/c1-22-10-11-23(2)15-19-26(18-14-22)8-6-5-7-9-27-20-16-24(3)12-13-25(4)17-21-27/h5-21H2,1-4H3. The molecule has 0 atom stereocenters. The van der Waals surface area contributed by atoms with Crippen molar-refractivity contribution in [2.75, 3.05) is 120 Å². The van der Waals surface area contributed by atoms with Gasteiger partial charge in [0, 0.05) is 78.5 Å². The molecule has 0 spiro atoms. The molecule has 0 saturated carbocycles. The van der Waals surface area contributed by atoms with E-state index < -0.39 is 0 Å². The predicted octanol–water partition coefficient (Wildman–Crippen LogP) is 0.515. The maximum atomic E-state index is 2.68. The largest absolute Gasteiger partial charge is 0.304 e. The molecule has 0 aromatic carbocycles. The SMILES string of the molecule is CN1CCN(C)CCN(CCCCCN2CCN(C)CCN(C)CC2)CC1. The van der Waals surface area contributed by atoms with Crippen LogP contribution in [0.15, 0.2) is 0 Å². The molecule has 2 aliphatic rings. The van der Waals surface area contributed by atoms with Crippen molar-refractivity contribution in [1.82, 2.24) is 29.4 Å². The van der Waals surface area contributed by atoms with E-state index in [0.29, 0.717) is 0 Å². The molecule has 0 amide bonds. The lowest BCUT2D eigenvalue weighted by molar-refractivity contribution is 0.218. The summed E-state index contributed by atoms with van der Waals surface area (Å²) in [7, 11) is 9.05. The number of rotatable bonds is 6. The Hall–Kier alpha value is -0.240. The van der Waals surface area contributed by atoms with Crippen molar-refractivity contribution in [3.05, 3.63) is 0 Å². The van der Waals surface area contributed by atoms with Crippen molar-refractivity contribution in [3.63, 3.8) is 0 Å². The third-order valence-corrected chi connectivity index (χ3v) is 6.37. The van der Waals surface area contributed by atoms with Gasteiger partial charge in [-0.15, -0.1) is 0 Å². The van der Waals surface area contributed by atoms with E-state index in [0.717, 1.165) is 0 Å². The molecule has 2 saturated heterocycles.